The molecule has 0 saturated carbocycles. The lowest BCUT2D eigenvalue weighted by molar-refractivity contribution is 0.101. The number of halogens is 1. The molecule has 0 radical (unpaired) electrons. The summed E-state index contributed by atoms with van der Waals surface area (Å²) >= 11 is 1.41. The number of methoxy groups -OCH3 is 1. The summed E-state index contributed by atoms with van der Waals surface area (Å²) in [6, 6.07) is 18.2. The molecular formula is C23H21FO3S. The zero-order chi connectivity index (χ0) is 20.1. The predicted octanol–water partition coefficient (Wildman–Crippen LogP) is 6.08. The van der Waals surface area contributed by atoms with Crippen molar-refractivity contribution in [2.24, 2.45) is 0 Å². The molecule has 0 aliphatic rings. The van der Waals surface area contributed by atoms with Gasteiger partial charge in [0.05, 0.1) is 7.11 Å². The lowest BCUT2D eigenvalue weighted by Gasteiger charge is -2.14. The largest absolute Gasteiger partial charge is 0.493 e. The number of ketones is 1. The number of ether oxygens (including phenoxy) is 2. The first-order valence-electron chi connectivity index (χ1n) is 8.81. The van der Waals surface area contributed by atoms with Crippen LogP contribution in [0.15, 0.2) is 70.5 Å². The van der Waals surface area contributed by atoms with Gasteiger partial charge in [-0.2, -0.15) is 0 Å². The van der Waals surface area contributed by atoms with Crippen LogP contribution in [0.5, 0.6) is 11.5 Å². The van der Waals surface area contributed by atoms with E-state index in [9.17, 15) is 9.18 Å². The Kier molecular flexibility index (Phi) is 6.37. The molecular weight excluding hydrogens is 375 g/mol. The third kappa shape index (κ3) is 4.73. The summed E-state index contributed by atoms with van der Waals surface area (Å²) in [7, 11) is 1.59. The molecule has 0 saturated heterocycles. The summed E-state index contributed by atoms with van der Waals surface area (Å²) in [4.78, 5) is 13.6. The molecule has 0 aliphatic heterocycles. The van der Waals surface area contributed by atoms with Crippen LogP contribution in [0.3, 0.4) is 0 Å². The number of carbonyl (C=O) groups is 1. The normalized spacial score (nSPS) is 10.6. The number of hydrogen-bond donors (Lipinski definition) is 0. The Morgan fingerprint density at radius 3 is 2.46 bits per heavy atom. The average Bonchev–Trinajstić information content (AvgIpc) is 2.69. The van der Waals surface area contributed by atoms with Crippen molar-refractivity contribution in [2.75, 3.05) is 7.11 Å². The molecule has 3 aromatic carbocycles. The lowest BCUT2D eigenvalue weighted by Crippen LogP contribution is -2.00. The van der Waals surface area contributed by atoms with Crippen LogP contribution in [0.25, 0.3) is 0 Å². The highest BCUT2D eigenvalue weighted by Crippen LogP contribution is 2.38. The summed E-state index contributed by atoms with van der Waals surface area (Å²) in [5.74, 6) is 0.664. The minimum atomic E-state index is -0.408. The number of rotatable bonds is 7. The Morgan fingerprint density at radius 2 is 1.79 bits per heavy atom. The first-order chi connectivity index (χ1) is 13.5. The Morgan fingerprint density at radius 1 is 1.04 bits per heavy atom. The summed E-state index contributed by atoms with van der Waals surface area (Å²) in [6.07, 6.45) is 0. The molecule has 0 heterocycles. The van der Waals surface area contributed by atoms with E-state index in [1.807, 2.05) is 48.5 Å². The van der Waals surface area contributed by atoms with Gasteiger partial charge in [0.1, 0.15) is 12.4 Å². The van der Waals surface area contributed by atoms with E-state index in [0.717, 1.165) is 20.9 Å². The van der Waals surface area contributed by atoms with Crippen molar-refractivity contribution >= 4 is 17.5 Å². The first-order valence-corrected chi connectivity index (χ1v) is 9.63. The number of benzene rings is 3. The van der Waals surface area contributed by atoms with Crippen LogP contribution >= 0.6 is 11.8 Å². The Labute approximate surface area is 168 Å². The predicted molar refractivity (Wildman–Crippen MR) is 109 cm³/mol. The second-order valence-electron chi connectivity index (χ2n) is 6.34. The van der Waals surface area contributed by atoms with Gasteiger partial charge in [-0.25, -0.2) is 4.39 Å². The summed E-state index contributed by atoms with van der Waals surface area (Å²) in [5.41, 5.74) is 2.17. The van der Waals surface area contributed by atoms with E-state index in [-0.39, 0.29) is 5.78 Å². The molecule has 0 bridgehead atoms. The van der Waals surface area contributed by atoms with E-state index in [0.29, 0.717) is 23.7 Å². The van der Waals surface area contributed by atoms with Crippen molar-refractivity contribution in [3.05, 3.63) is 83.2 Å². The molecule has 0 fully saturated rings. The van der Waals surface area contributed by atoms with Gasteiger partial charge in [0.15, 0.2) is 17.3 Å². The second kappa shape index (κ2) is 8.93. The highest BCUT2D eigenvalue weighted by atomic mass is 32.2. The van der Waals surface area contributed by atoms with Crippen molar-refractivity contribution in [3.63, 3.8) is 0 Å². The molecule has 3 nitrogen and oxygen atoms in total. The fourth-order valence-electron chi connectivity index (χ4n) is 2.81. The highest BCUT2D eigenvalue weighted by molar-refractivity contribution is 7.99. The number of aryl methyl sites for hydroxylation is 1. The van der Waals surface area contributed by atoms with Gasteiger partial charge < -0.3 is 9.47 Å². The third-order valence-electron chi connectivity index (χ3n) is 4.21. The summed E-state index contributed by atoms with van der Waals surface area (Å²) in [5, 5.41) is 0. The van der Waals surface area contributed by atoms with Gasteiger partial charge in [-0.1, -0.05) is 42.1 Å². The van der Waals surface area contributed by atoms with E-state index in [2.05, 4.69) is 0 Å². The minimum Gasteiger partial charge on any atom is -0.493 e. The second-order valence-corrected chi connectivity index (χ2v) is 7.43. The Bertz CT molecular complexity index is 987. The van der Waals surface area contributed by atoms with Gasteiger partial charge >= 0.3 is 0 Å². The van der Waals surface area contributed by atoms with E-state index in [1.165, 1.54) is 30.8 Å². The average molecular weight is 396 g/mol. The summed E-state index contributed by atoms with van der Waals surface area (Å²) in [6.45, 7) is 3.68. The maximum atomic E-state index is 13.7. The maximum absolute atomic E-state index is 13.7. The zero-order valence-corrected chi connectivity index (χ0v) is 16.8. The van der Waals surface area contributed by atoms with Crippen molar-refractivity contribution in [1.29, 1.82) is 0 Å². The van der Waals surface area contributed by atoms with Crippen LogP contribution in [0.4, 0.5) is 4.39 Å². The van der Waals surface area contributed by atoms with Crippen LogP contribution in [-0.4, -0.2) is 12.9 Å². The van der Waals surface area contributed by atoms with Crippen molar-refractivity contribution < 1.29 is 18.7 Å². The smallest absolute Gasteiger partial charge is 0.161 e. The fourth-order valence-corrected chi connectivity index (χ4v) is 3.88. The molecule has 0 aromatic heterocycles. The standard InChI is InChI=1S/C23H21FO3S/c1-15-11-18(24)12-20(16(2)25)23(15)28-19-9-10-21(22(13-19)26-3)27-14-17-7-5-4-6-8-17/h4-13H,14H2,1-3H3. The molecule has 28 heavy (non-hydrogen) atoms. The van der Waals surface area contributed by atoms with Crippen molar-refractivity contribution in [3.8, 4) is 11.5 Å². The van der Waals surface area contributed by atoms with E-state index < -0.39 is 5.82 Å². The Hall–Kier alpha value is -2.79. The lowest BCUT2D eigenvalue weighted by atomic mass is 10.1. The minimum absolute atomic E-state index is 0.167. The van der Waals surface area contributed by atoms with Gasteiger partial charge in [0.25, 0.3) is 0 Å². The molecule has 3 aromatic rings. The molecule has 0 N–H and O–H groups in total. The van der Waals surface area contributed by atoms with Crippen molar-refractivity contribution in [1.82, 2.24) is 0 Å². The molecule has 144 valence electrons. The maximum Gasteiger partial charge on any atom is 0.161 e. The molecule has 3 rings (SSSR count). The fraction of sp³-hybridized carbons (Fsp3) is 0.174. The quantitative estimate of drug-likeness (QED) is 0.454. The molecule has 0 aliphatic carbocycles. The van der Waals surface area contributed by atoms with E-state index in [1.54, 1.807) is 14.0 Å². The summed E-state index contributed by atoms with van der Waals surface area (Å²) < 4.78 is 25.1. The SMILES string of the molecule is COc1cc(Sc2c(C)cc(F)cc2C(C)=O)ccc1OCc1ccccc1. The third-order valence-corrected chi connectivity index (χ3v) is 5.45. The molecule has 0 amide bonds. The van der Waals surface area contributed by atoms with Crippen LogP contribution < -0.4 is 9.47 Å². The van der Waals surface area contributed by atoms with Gasteiger partial charge in [0.2, 0.25) is 0 Å². The van der Waals surface area contributed by atoms with Gasteiger partial charge in [-0.05, 0) is 55.3 Å². The number of hydrogen-bond acceptors (Lipinski definition) is 4. The van der Waals surface area contributed by atoms with Gasteiger partial charge in [-0.3, -0.25) is 4.79 Å². The highest BCUT2D eigenvalue weighted by Gasteiger charge is 2.15. The van der Waals surface area contributed by atoms with Crippen LogP contribution in [0, 0.1) is 12.7 Å². The van der Waals surface area contributed by atoms with Crippen LogP contribution in [-0.2, 0) is 6.61 Å². The van der Waals surface area contributed by atoms with Gasteiger partial charge in [0, 0.05) is 15.4 Å². The first kappa shape index (κ1) is 20.0. The number of carbonyl (C=O) groups excluding carboxylic acids is 1. The molecule has 0 unspecified atom stereocenters. The molecule has 0 spiro atoms. The zero-order valence-electron chi connectivity index (χ0n) is 16.0. The number of Topliss-reactive ketones (excluding diaryl/α,β-unsaturated/α-hetero) is 1. The Balaban J connectivity index is 1.84. The molecule has 5 heteroatoms. The van der Waals surface area contributed by atoms with E-state index in [4.69, 9.17) is 9.47 Å². The monoisotopic (exact) mass is 396 g/mol. The van der Waals surface area contributed by atoms with Crippen molar-refractivity contribution in [2.45, 2.75) is 30.2 Å². The topological polar surface area (TPSA) is 35.5 Å². The molecule has 0 atom stereocenters. The van der Waals surface area contributed by atoms with Crippen LogP contribution in [0.2, 0.25) is 0 Å². The van der Waals surface area contributed by atoms with E-state index >= 15 is 0 Å². The van der Waals surface area contributed by atoms with Gasteiger partial charge in [-0.15, -0.1) is 0 Å². The van der Waals surface area contributed by atoms with Crippen LogP contribution in [0.1, 0.15) is 28.4 Å².